The summed E-state index contributed by atoms with van der Waals surface area (Å²) in [5.74, 6) is -0.331. The molecule has 0 radical (unpaired) electrons. The Hall–Kier alpha value is -1.19. The van der Waals surface area contributed by atoms with E-state index in [1.165, 1.54) is 36.4 Å². The van der Waals surface area contributed by atoms with Crippen molar-refractivity contribution in [1.29, 1.82) is 0 Å². The molecule has 0 fully saturated rings. The number of hydrogen-bond donors (Lipinski definition) is 2. The first-order valence-electron chi connectivity index (χ1n) is 3.95. The SMILES string of the molecule is OC/C=C/C(O)c1ccc(F)cc1. The highest BCUT2D eigenvalue weighted by molar-refractivity contribution is 5.21. The van der Waals surface area contributed by atoms with Gasteiger partial charge >= 0.3 is 0 Å². The summed E-state index contributed by atoms with van der Waals surface area (Å²) in [7, 11) is 0. The highest BCUT2D eigenvalue weighted by Gasteiger charge is 2.01. The lowest BCUT2D eigenvalue weighted by atomic mass is 10.1. The number of rotatable bonds is 3. The third kappa shape index (κ3) is 2.97. The van der Waals surface area contributed by atoms with Crippen LogP contribution in [0.5, 0.6) is 0 Å². The predicted molar refractivity (Wildman–Crippen MR) is 47.6 cm³/mol. The number of aliphatic hydroxyl groups excluding tert-OH is 2. The summed E-state index contributed by atoms with van der Waals surface area (Å²) in [4.78, 5) is 0. The normalized spacial score (nSPS) is 13.5. The Morgan fingerprint density at radius 3 is 2.46 bits per heavy atom. The van der Waals surface area contributed by atoms with E-state index in [1.54, 1.807) is 0 Å². The molecule has 0 heterocycles. The van der Waals surface area contributed by atoms with E-state index in [4.69, 9.17) is 5.11 Å². The van der Waals surface area contributed by atoms with Gasteiger partial charge in [0.25, 0.3) is 0 Å². The minimum atomic E-state index is -0.784. The van der Waals surface area contributed by atoms with Crippen LogP contribution in [0.3, 0.4) is 0 Å². The van der Waals surface area contributed by atoms with Crippen LogP contribution in [-0.4, -0.2) is 16.8 Å². The van der Waals surface area contributed by atoms with Crippen molar-refractivity contribution in [3.05, 3.63) is 47.8 Å². The summed E-state index contributed by atoms with van der Waals surface area (Å²) in [6, 6.07) is 5.57. The van der Waals surface area contributed by atoms with Gasteiger partial charge in [0.2, 0.25) is 0 Å². The van der Waals surface area contributed by atoms with Crippen LogP contribution >= 0.6 is 0 Å². The molecule has 0 aliphatic rings. The summed E-state index contributed by atoms with van der Waals surface area (Å²) < 4.78 is 12.5. The third-order valence-corrected chi connectivity index (χ3v) is 1.64. The van der Waals surface area contributed by atoms with Gasteiger partial charge < -0.3 is 10.2 Å². The fourth-order valence-electron chi connectivity index (χ4n) is 0.961. The van der Waals surface area contributed by atoms with Crippen LogP contribution in [0.25, 0.3) is 0 Å². The van der Waals surface area contributed by atoms with Crippen molar-refractivity contribution in [2.24, 2.45) is 0 Å². The second-order valence-electron chi connectivity index (χ2n) is 2.61. The van der Waals surface area contributed by atoms with Crippen molar-refractivity contribution in [3.8, 4) is 0 Å². The molecule has 1 unspecified atom stereocenters. The quantitative estimate of drug-likeness (QED) is 0.694. The molecular weight excluding hydrogens is 171 g/mol. The van der Waals surface area contributed by atoms with Gasteiger partial charge in [0.05, 0.1) is 12.7 Å². The zero-order valence-corrected chi connectivity index (χ0v) is 7.02. The van der Waals surface area contributed by atoms with E-state index >= 15 is 0 Å². The van der Waals surface area contributed by atoms with Crippen molar-refractivity contribution in [2.45, 2.75) is 6.10 Å². The first-order valence-corrected chi connectivity index (χ1v) is 3.95. The average Bonchev–Trinajstić information content (AvgIpc) is 2.15. The molecule has 3 heteroatoms. The zero-order chi connectivity index (χ0) is 9.68. The molecule has 13 heavy (non-hydrogen) atoms. The van der Waals surface area contributed by atoms with Crippen LogP contribution in [0, 0.1) is 5.82 Å². The van der Waals surface area contributed by atoms with E-state index < -0.39 is 6.10 Å². The lowest BCUT2D eigenvalue weighted by Gasteiger charge is -2.04. The highest BCUT2D eigenvalue weighted by atomic mass is 19.1. The van der Waals surface area contributed by atoms with Crippen LogP contribution in [-0.2, 0) is 0 Å². The molecule has 1 aromatic carbocycles. The summed E-state index contributed by atoms with van der Waals surface area (Å²) >= 11 is 0. The maximum Gasteiger partial charge on any atom is 0.123 e. The average molecular weight is 182 g/mol. The third-order valence-electron chi connectivity index (χ3n) is 1.64. The summed E-state index contributed by atoms with van der Waals surface area (Å²) in [5, 5.41) is 17.9. The Morgan fingerprint density at radius 2 is 1.92 bits per heavy atom. The topological polar surface area (TPSA) is 40.5 Å². The smallest absolute Gasteiger partial charge is 0.123 e. The minimum absolute atomic E-state index is 0.113. The second kappa shape index (κ2) is 4.74. The van der Waals surface area contributed by atoms with Gasteiger partial charge in [0, 0.05) is 0 Å². The molecule has 2 N–H and O–H groups in total. The van der Waals surface area contributed by atoms with Crippen molar-refractivity contribution in [2.75, 3.05) is 6.61 Å². The summed E-state index contributed by atoms with van der Waals surface area (Å²) in [6.45, 7) is -0.113. The lowest BCUT2D eigenvalue weighted by molar-refractivity contribution is 0.227. The number of hydrogen-bond acceptors (Lipinski definition) is 2. The Morgan fingerprint density at radius 1 is 1.31 bits per heavy atom. The summed E-state index contributed by atoms with van der Waals surface area (Å²) in [6.07, 6.45) is 2.11. The molecule has 0 aromatic heterocycles. The maximum absolute atomic E-state index is 12.5. The number of aliphatic hydroxyl groups is 2. The number of benzene rings is 1. The van der Waals surface area contributed by atoms with E-state index in [-0.39, 0.29) is 12.4 Å². The molecule has 0 aliphatic heterocycles. The Kier molecular flexibility index (Phi) is 3.61. The van der Waals surface area contributed by atoms with Gasteiger partial charge in [-0.15, -0.1) is 0 Å². The molecular formula is C10H11FO2. The predicted octanol–water partition coefficient (Wildman–Crippen LogP) is 1.41. The molecule has 2 nitrogen and oxygen atoms in total. The van der Waals surface area contributed by atoms with Gasteiger partial charge in [-0.05, 0) is 17.7 Å². The van der Waals surface area contributed by atoms with Crippen LogP contribution < -0.4 is 0 Å². The van der Waals surface area contributed by atoms with Crippen molar-refractivity contribution >= 4 is 0 Å². The molecule has 70 valence electrons. The molecule has 0 amide bonds. The summed E-state index contributed by atoms with van der Waals surface area (Å²) in [5.41, 5.74) is 0.603. The van der Waals surface area contributed by atoms with Gasteiger partial charge in [-0.3, -0.25) is 0 Å². The second-order valence-corrected chi connectivity index (χ2v) is 2.61. The van der Waals surface area contributed by atoms with E-state index in [9.17, 15) is 9.50 Å². The molecule has 0 saturated heterocycles. The van der Waals surface area contributed by atoms with E-state index in [1.807, 2.05) is 0 Å². The van der Waals surface area contributed by atoms with Gasteiger partial charge in [0.1, 0.15) is 5.82 Å². The molecule has 1 aromatic rings. The van der Waals surface area contributed by atoms with Gasteiger partial charge in [0.15, 0.2) is 0 Å². The van der Waals surface area contributed by atoms with E-state index in [0.29, 0.717) is 5.56 Å². The first kappa shape index (κ1) is 9.89. The van der Waals surface area contributed by atoms with Gasteiger partial charge in [-0.2, -0.15) is 0 Å². The van der Waals surface area contributed by atoms with Crippen LogP contribution in [0.1, 0.15) is 11.7 Å². The monoisotopic (exact) mass is 182 g/mol. The molecule has 0 saturated carbocycles. The molecule has 0 spiro atoms. The molecule has 1 atom stereocenters. The first-order chi connectivity index (χ1) is 6.24. The van der Waals surface area contributed by atoms with Gasteiger partial charge in [-0.1, -0.05) is 24.3 Å². The highest BCUT2D eigenvalue weighted by Crippen LogP contribution is 2.14. The Balaban J connectivity index is 2.71. The maximum atomic E-state index is 12.5. The van der Waals surface area contributed by atoms with Gasteiger partial charge in [-0.25, -0.2) is 4.39 Å². The number of halogens is 1. The van der Waals surface area contributed by atoms with Crippen LogP contribution in [0.2, 0.25) is 0 Å². The zero-order valence-electron chi connectivity index (χ0n) is 7.02. The van der Waals surface area contributed by atoms with Crippen molar-refractivity contribution in [1.82, 2.24) is 0 Å². The van der Waals surface area contributed by atoms with E-state index in [2.05, 4.69) is 0 Å². The fourth-order valence-corrected chi connectivity index (χ4v) is 0.961. The Bertz CT molecular complexity index is 279. The largest absolute Gasteiger partial charge is 0.392 e. The minimum Gasteiger partial charge on any atom is -0.392 e. The molecule has 1 rings (SSSR count). The molecule has 0 aliphatic carbocycles. The fraction of sp³-hybridized carbons (Fsp3) is 0.200. The van der Waals surface area contributed by atoms with Crippen LogP contribution in [0.4, 0.5) is 4.39 Å². The standard InChI is InChI=1S/C10H11FO2/c11-9-5-3-8(4-6-9)10(13)2-1-7-12/h1-6,10,12-13H,7H2/b2-1+. The van der Waals surface area contributed by atoms with Crippen LogP contribution in [0.15, 0.2) is 36.4 Å². The molecule has 0 bridgehead atoms. The van der Waals surface area contributed by atoms with E-state index in [0.717, 1.165) is 0 Å². The lowest BCUT2D eigenvalue weighted by Crippen LogP contribution is -1.93. The Labute approximate surface area is 76.0 Å². The van der Waals surface area contributed by atoms with Crippen molar-refractivity contribution < 1.29 is 14.6 Å². The van der Waals surface area contributed by atoms with Crippen molar-refractivity contribution in [3.63, 3.8) is 0 Å².